The van der Waals surface area contributed by atoms with E-state index in [9.17, 15) is 0 Å². The fourth-order valence-electron chi connectivity index (χ4n) is 3.82. The fraction of sp³-hybridized carbons (Fsp3) is 0.154. The summed E-state index contributed by atoms with van der Waals surface area (Å²) in [4.78, 5) is 9.28. The molecule has 148 valence electrons. The fourth-order valence-corrected chi connectivity index (χ4v) is 4.03. The summed E-state index contributed by atoms with van der Waals surface area (Å²) in [5, 5.41) is 4.61. The highest BCUT2D eigenvalue weighted by atomic mass is 35.5. The van der Waals surface area contributed by atoms with E-state index >= 15 is 0 Å². The molecule has 2 aromatic heterocycles. The van der Waals surface area contributed by atoms with Crippen molar-refractivity contribution in [3.63, 3.8) is 0 Å². The lowest BCUT2D eigenvalue weighted by molar-refractivity contribution is 0.486. The first-order chi connectivity index (χ1) is 14.4. The van der Waals surface area contributed by atoms with Crippen LogP contribution in [0.2, 0.25) is 5.02 Å². The summed E-state index contributed by atoms with van der Waals surface area (Å²) >= 11 is 6.41. The first-order valence-corrected chi connectivity index (χ1v) is 10.3. The number of hydrogen-bond donors (Lipinski definition) is 0. The minimum Gasteiger partial charge on any atom is -0.457 e. The van der Waals surface area contributed by atoms with Gasteiger partial charge in [0.15, 0.2) is 0 Å². The molecular weight excluding hydrogens is 392 g/mol. The number of nitrogens with zero attached hydrogens (tertiary/aromatic N) is 2. The summed E-state index contributed by atoms with van der Waals surface area (Å²) in [6.07, 6.45) is 3.52. The second-order valence-electron chi connectivity index (χ2n) is 8.50. The molecule has 3 nitrogen and oxygen atoms in total. The molecule has 0 saturated heterocycles. The lowest BCUT2D eigenvalue weighted by Gasteiger charge is -2.19. The zero-order chi connectivity index (χ0) is 20.9. The predicted molar refractivity (Wildman–Crippen MR) is 125 cm³/mol. The van der Waals surface area contributed by atoms with Gasteiger partial charge in [-0.25, -0.2) is 0 Å². The van der Waals surface area contributed by atoms with Crippen LogP contribution >= 0.6 is 11.6 Å². The van der Waals surface area contributed by atoms with Crippen LogP contribution in [0.5, 0.6) is 11.5 Å². The van der Waals surface area contributed by atoms with Gasteiger partial charge in [-0.1, -0.05) is 62.7 Å². The number of pyridine rings is 2. The highest BCUT2D eigenvalue weighted by Crippen LogP contribution is 2.37. The first-order valence-electron chi connectivity index (χ1n) is 9.95. The minimum absolute atomic E-state index is 0.107. The summed E-state index contributed by atoms with van der Waals surface area (Å²) in [5.74, 6) is 1.57. The van der Waals surface area contributed by atoms with Gasteiger partial charge >= 0.3 is 0 Å². The molecule has 0 aliphatic rings. The summed E-state index contributed by atoms with van der Waals surface area (Å²) in [5.41, 5.74) is 3.09. The molecular formula is C26H21ClN2O. The van der Waals surface area contributed by atoms with Crippen molar-refractivity contribution in [2.75, 3.05) is 0 Å². The van der Waals surface area contributed by atoms with Gasteiger partial charge in [-0.2, -0.15) is 0 Å². The summed E-state index contributed by atoms with van der Waals surface area (Å²) in [6.45, 7) is 6.61. The first kappa shape index (κ1) is 18.8. The topological polar surface area (TPSA) is 35.0 Å². The van der Waals surface area contributed by atoms with Crippen LogP contribution in [0.3, 0.4) is 0 Å². The second kappa shape index (κ2) is 6.96. The number of hydrogen-bond acceptors (Lipinski definition) is 3. The molecule has 0 spiro atoms. The van der Waals surface area contributed by atoms with E-state index in [1.807, 2.05) is 30.3 Å². The van der Waals surface area contributed by atoms with Crippen LogP contribution in [0.1, 0.15) is 26.3 Å². The van der Waals surface area contributed by atoms with E-state index in [-0.39, 0.29) is 5.41 Å². The third-order valence-electron chi connectivity index (χ3n) is 5.46. The molecule has 0 saturated carbocycles. The Balaban J connectivity index is 1.67. The average Bonchev–Trinajstić information content (AvgIpc) is 2.73. The zero-order valence-electron chi connectivity index (χ0n) is 17.1. The van der Waals surface area contributed by atoms with Gasteiger partial charge in [0, 0.05) is 28.6 Å². The Labute approximate surface area is 180 Å². The highest BCUT2D eigenvalue weighted by molar-refractivity contribution is 6.36. The molecule has 0 aliphatic heterocycles. The maximum Gasteiger partial charge on any atom is 0.138 e. The Morgan fingerprint density at radius 3 is 2.07 bits per heavy atom. The van der Waals surface area contributed by atoms with Crippen LogP contribution in [0.4, 0.5) is 0 Å². The average molecular weight is 413 g/mol. The molecule has 0 aliphatic carbocycles. The molecule has 4 heteroatoms. The monoisotopic (exact) mass is 412 g/mol. The summed E-state index contributed by atoms with van der Waals surface area (Å²) in [7, 11) is 0. The Morgan fingerprint density at radius 2 is 1.37 bits per heavy atom. The highest BCUT2D eigenvalue weighted by Gasteiger charge is 2.15. The molecule has 5 aromatic rings. The smallest absolute Gasteiger partial charge is 0.138 e. The third kappa shape index (κ3) is 3.16. The maximum atomic E-state index is 6.41. The van der Waals surface area contributed by atoms with Gasteiger partial charge in [0.05, 0.1) is 16.1 Å². The number of halogens is 1. The summed E-state index contributed by atoms with van der Waals surface area (Å²) in [6, 6.07) is 20.2. The van der Waals surface area contributed by atoms with Gasteiger partial charge in [-0.05, 0) is 46.7 Å². The van der Waals surface area contributed by atoms with Crippen LogP contribution < -0.4 is 4.74 Å². The van der Waals surface area contributed by atoms with Crippen molar-refractivity contribution >= 4 is 44.2 Å². The Morgan fingerprint density at radius 1 is 0.733 bits per heavy atom. The van der Waals surface area contributed by atoms with Crippen LogP contribution in [0.25, 0.3) is 32.6 Å². The molecule has 0 bridgehead atoms. The van der Waals surface area contributed by atoms with E-state index in [4.69, 9.17) is 16.3 Å². The number of fused-ring (bicyclic) bond motifs is 5. The quantitative estimate of drug-likeness (QED) is 0.279. The molecule has 0 atom stereocenters. The van der Waals surface area contributed by atoms with Crippen molar-refractivity contribution in [3.05, 3.63) is 83.6 Å². The molecule has 2 heterocycles. The molecule has 0 unspecified atom stereocenters. The van der Waals surface area contributed by atoms with E-state index in [1.54, 1.807) is 12.4 Å². The Kier molecular flexibility index (Phi) is 4.37. The van der Waals surface area contributed by atoms with Gasteiger partial charge in [-0.3, -0.25) is 9.97 Å². The summed E-state index contributed by atoms with van der Waals surface area (Å²) < 4.78 is 6.26. The van der Waals surface area contributed by atoms with Crippen molar-refractivity contribution in [2.45, 2.75) is 26.2 Å². The van der Waals surface area contributed by atoms with Gasteiger partial charge in [0.1, 0.15) is 11.5 Å². The second-order valence-corrected chi connectivity index (χ2v) is 8.91. The number of benzene rings is 3. The lowest BCUT2D eigenvalue weighted by Crippen LogP contribution is -2.10. The SMILES string of the molecule is CC(C)(C)c1ccc(Oc2ccnc3c2ccc2ccc4c(Cl)ccnc4c23)cc1. The third-order valence-corrected chi connectivity index (χ3v) is 5.79. The molecule has 0 amide bonds. The van der Waals surface area contributed by atoms with Crippen molar-refractivity contribution in [3.8, 4) is 11.5 Å². The van der Waals surface area contributed by atoms with Crippen molar-refractivity contribution in [1.29, 1.82) is 0 Å². The van der Waals surface area contributed by atoms with Gasteiger partial charge in [-0.15, -0.1) is 0 Å². The van der Waals surface area contributed by atoms with Crippen molar-refractivity contribution in [1.82, 2.24) is 9.97 Å². The molecule has 0 N–H and O–H groups in total. The zero-order valence-corrected chi connectivity index (χ0v) is 17.9. The van der Waals surface area contributed by atoms with E-state index < -0.39 is 0 Å². The lowest BCUT2D eigenvalue weighted by atomic mass is 9.87. The largest absolute Gasteiger partial charge is 0.457 e. The Hall–Kier alpha value is -3.17. The predicted octanol–water partition coefficient (Wildman–Crippen LogP) is 7.68. The van der Waals surface area contributed by atoms with Crippen LogP contribution in [0.15, 0.2) is 73.1 Å². The minimum atomic E-state index is 0.107. The number of rotatable bonds is 2. The molecule has 3 aromatic carbocycles. The number of ether oxygens (including phenoxy) is 1. The van der Waals surface area contributed by atoms with Crippen molar-refractivity contribution in [2.24, 2.45) is 0 Å². The maximum absolute atomic E-state index is 6.41. The van der Waals surface area contributed by atoms with Crippen LogP contribution in [0, 0.1) is 0 Å². The molecule has 30 heavy (non-hydrogen) atoms. The van der Waals surface area contributed by atoms with Gasteiger partial charge in [0.2, 0.25) is 0 Å². The van der Waals surface area contributed by atoms with E-state index in [0.29, 0.717) is 5.02 Å². The van der Waals surface area contributed by atoms with Crippen molar-refractivity contribution < 1.29 is 4.74 Å². The van der Waals surface area contributed by atoms with Crippen LogP contribution in [-0.4, -0.2) is 9.97 Å². The van der Waals surface area contributed by atoms with Gasteiger partial charge in [0.25, 0.3) is 0 Å². The van der Waals surface area contributed by atoms with Gasteiger partial charge < -0.3 is 4.74 Å². The van der Waals surface area contributed by atoms with Crippen LogP contribution in [-0.2, 0) is 5.41 Å². The Bertz CT molecular complexity index is 1400. The van der Waals surface area contributed by atoms with E-state index in [1.165, 1.54) is 5.56 Å². The molecule has 5 rings (SSSR count). The number of aromatic nitrogens is 2. The standard InChI is InChI=1S/C26H21ClN2O/c1-26(2,3)17-6-8-18(9-7-17)30-22-13-15-29-25-20(22)11-5-16-4-10-19-21(27)12-14-28-24(19)23(16)25/h4-15H,1-3H3. The molecule has 0 radical (unpaired) electrons. The normalized spacial score (nSPS) is 12.0. The molecule has 0 fully saturated rings. The van der Waals surface area contributed by atoms with E-state index in [2.05, 4.69) is 61.1 Å². The van der Waals surface area contributed by atoms with E-state index in [0.717, 1.165) is 44.1 Å².